The van der Waals surface area contributed by atoms with Crippen LogP contribution in [0.2, 0.25) is 10.0 Å². The second-order valence-electron chi connectivity index (χ2n) is 4.72. The second kappa shape index (κ2) is 5.49. The molecule has 0 aliphatic heterocycles. The molecule has 2 N–H and O–H groups in total. The monoisotopic (exact) mass is 304 g/mol. The third-order valence-electron chi connectivity index (χ3n) is 3.46. The van der Waals surface area contributed by atoms with Crippen molar-refractivity contribution in [3.8, 4) is 0 Å². The first-order valence-electron chi connectivity index (χ1n) is 6.40. The highest BCUT2D eigenvalue weighted by Crippen LogP contribution is 2.28. The molecule has 0 radical (unpaired) electrons. The molecule has 0 saturated heterocycles. The molecule has 0 spiro atoms. The first kappa shape index (κ1) is 13.5. The number of halogens is 2. The van der Waals surface area contributed by atoms with Gasteiger partial charge in [0.1, 0.15) is 0 Å². The molecule has 102 valence electrons. The summed E-state index contributed by atoms with van der Waals surface area (Å²) in [7, 11) is 0. The van der Waals surface area contributed by atoms with Crippen molar-refractivity contribution in [2.24, 2.45) is 5.73 Å². The van der Waals surface area contributed by atoms with Gasteiger partial charge in [0, 0.05) is 30.2 Å². The van der Waals surface area contributed by atoms with Gasteiger partial charge in [-0.1, -0.05) is 53.5 Å². The summed E-state index contributed by atoms with van der Waals surface area (Å²) in [5.41, 5.74) is 9.11. The van der Waals surface area contributed by atoms with Crippen molar-refractivity contribution in [3.05, 3.63) is 69.8 Å². The van der Waals surface area contributed by atoms with Crippen molar-refractivity contribution in [2.45, 2.75) is 13.1 Å². The summed E-state index contributed by atoms with van der Waals surface area (Å²) < 4.78 is 2.16. The predicted molar refractivity (Wildman–Crippen MR) is 85.4 cm³/mol. The van der Waals surface area contributed by atoms with E-state index in [1.807, 2.05) is 24.3 Å². The molecule has 0 atom stereocenters. The molecule has 3 aromatic rings. The normalized spacial score (nSPS) is 11.2. The Hall–Kier alpha value is -1.48. The van der Waals surface area contributed by atoms with Gasteiger partial charge in [-0.25, -0.2) is 0 Å². The lowest BCUT2D eigenvalue weighted by Gasteiger charge is -2.08. The summed E-state index contributed by atoms with van der Waals surface area (Å²) in [6, 6.07) is 13.9. The zero-order chi connectivity index (χ0) is 14.1. The van der Waals surface area contributed by atoms with Crippen LogP contribution in [0.3, 0.4) is 0 Å². The van der Waals surface area contributed by atoms with Gasteiger partial charge in [-0.15, -0.1) is 0 Å². The van der Waals surface area contributed by atoms with E-state index in [0.717, 1.165) is 16.6 Å². The molecule has 0 saturated carbocycles. The molecule has 0 amide bonds. The third-order valence-corrected chi connectivity index (χ3v) is 4.32. The molecule has 2 aromatic carbocycles. The van der Waals surface area contributed by atoms with E-state index in [1.165, 1.54) is 5.39 Å². The molecule has 0 aliphatic carbocycles. The van der Waals surface area contributed by atoms with Crippen LogP contribution in [0.25, 0.3) is 10.9 Å². The zero-order valence-electron chi connectivity index (χ0n) is 10.8. The molecular formula is C16H14Cl2N2. The molecule has 0 fully saturated rings. The number of aromatic nitrogens is 1. The fourth-order valence-corrected chi connectivity index (χ4v) is 2.85. The molecule has 2 nitrogen and oxygen atoms in total. The maximum absolute atomic E-state index is 6.27. The van der Waals surface area contributed by atoms with Gasteiger partial charge in [-0.05, 0) is 23.3 Å². The van der Waals surface area contributed by atoms with Gasteiger partial charge in [0.15, 0.2) is 0 Å². The van der Waals surface area contributed by atoms with E-state index in [4.69, 9.17) is 28.9 Å². The van der Waals surface area contributed by atoms with Gasteiger partial charge in [-0.2, -0.15) is 0 Å². The van der Waals surface area contributed by atoms with Gasteiger partial charge >= 0.3 is 0 Å². The molecule has 1 aromatic heterocycles. The van der Waals surface area contributed by atoms with E-state index in [-0.39, 0.29) is 0 Å². The Morgan fingerprint density at radius 3 is 2.55 bits per heavy atom. The van der Waals surface area contributed by atoms with Crippen LogP contribution in [0.15, 0.2) is 48.7 Å². The topological polar surface area (TPSA) is 30.9 Å². The fourth-order valence-electron chi connectivity index (χ4n) is 2.47. The van der Waals surface area contributed by atoms with Gasteiger partial charge in [0.2, 0.25) is 0 Å². The third kappa shape index (κ3) is 2.31. The van der Waals surface area contributed by atoms with E-state index >= 15 is 0 Å². The van der Waals surface area contributed by atoms with Crippen molar-refractivity contribution < 1.29 is 0 Å². The Labute approximate surface area is 127 Å². The first-order valence-corrected chi connectivity index (χ1v) is 7.16. The van der Waals surface area contributed by atoms with Crippen molar-refractivity contribution in [2.75, 3.05) is 0 Å². The lowest BCUT2D eigenvalue weighted by Crippen LogP contribution is -1.99. The molecule has 4 heteroatoms. The molecule has 0 aliphatic rings. The van der Waals surface area contributed by atoms with E-state index in [0.29, 0.717) is 23.1 Å². The SMILES string of the molecule is NCc1cn(Cc2cccc(Cl)c2Cl)c2ccccc12. The van der Waals surface area contributed by atoms with Crippen molar-refractivity contribution in [1.29, 1.82) is 0 Å². The largest absolute Gasteiger partial charge is 0.343 e. The number of nitrogens with zero attached hydrogens (tertiary/aromatic N) is 1. The average Bonchev–Trinajstić information content (AvgIpc) is 2.82. The molecule has 0 bridgehead atoms. The van der Waals surface area contributed by atoms with Crippen molar-refractivity contribution >= 4 is 34.1 Å². The summed E-state index contributed by atoms with van der Waals surface area (Å²) >= 11 is 12.3. The quantitative estimate of drug-likeness (QED) is 0.761. The molecule has 3 rings (SSSR count). The summed E-state index contributed by atoms with van der Waals surface area (Å²) in [5, 5.41) is 2.38. The average molecular weight is 305 g/mol. The van der Waals surface area contributed by atoms with Gasteiger partial charge in [0.25, 0.3) is 0 Å². The summed E-state index contributed by atoms with van der Waals surface area (Å²) in [6.45, 7) is 1.21. The summed E-state index contributed by atoms with van der Waals surface area (Å²) in [4.78, 5) is 0. The minimum atomic E-state index is 0.525. The van der Waals surface area contributed by atoms with Gasteiger partial charge < -0.3 is 10.3 Å². The van der Waals surface area contributed by atoms with Crippen LogP contribution in [0.5, 0.6) is 0 Å². The minimum absolute atomic E-state index is 0.525. The standard InChI is InChI=1S/C16H14Cl2N2/c17-14-6-3-4-11(16(14)18)9-20-10-12(8-19)13-5-1-2-7-15(13)20/h1-7,10H,8-9,19H2. The predicted octanol–water partition coefficient (Wildman–Crippen LogP) is 4.46. The molecule has 0 unspecified atom stereocenters. The number of hydrogen-bond acceptors (Lipinski definition) is 1. The Bertz CT molecular complexity index is 762. The summed E-state index contributed by atoms with van der Waals surface area (Å²) in [6.07, 6.45) is 2.09. The van der Waals surface area contributed by atoms with Crippen molar-refractivity contribution in [1.82, 2.24) is 4.57 Å². The number of para-hydroxylation sites is 1. The highest BCUT2D eigenvalue weighted by atomic mass is 35.5. The van der Waals surface area contributed by atoms with Crippen LogP contribution in [0.1, 0.15) is 11.1 Å². The van der Waals surface area contributed by atoms with Crippen LogP contribution < -0.4 is 5.73 Å². The Kier molecular flexibility index (Phi) is 3.70. The molecule has 1 heterocycles. The Morgan fingerprint density at radius 2 is 1.75 bits per heavy atom. The van der Waals surface area contributed by atoms with Crippen LogP contribution in [0.4, 0.5) is 0 Å². The molecule has 20 heavy (non-hydrogen) atoms. The number of benzene rings is 2. The van der Waals surface area contributed by atoms with Crippen LogP contribution in [0, 0.1) is 0 Å². The van der Waals surface area contributed by atoms with Crippen LogP contribution in [-0.2, 0) is 13.1 Å². The lowest BCUT2D eigenvalue weighted by molar-refractivity contribution is 0.830. The zero-order valence-corrected chi connectivity index (χ0v) is 12.3. The van der Waals surface area contributed by atoms with Gasteiger partial charge in [-0.3, -0.25) is 0 Å². The van der Waals surface area contributed by atoms with Crippen LogP contribution in [-0.4, -0.2) is 4.57 Å². The second-order valence-corrected chi connectivity index (χ2v) is 5.50. The highest BCUT2D eigenvalue weighted by Gasteiger charge is 2.09. The first-order chi connectivity index (χ1) is 9.70. The van der Waals surface area contributed by atoms with E-state index in [2.05, 4.69) is 22.9 Å². The summed E-state index contributed by atoms with van der Waals surface area (Å²) in [5.74, 6) is 0. The van der Waals surface area contributed by atoms with E-state index < -0.39 is 0 Å². The van der Waals surface area contributed by atoms with E-state index in [1.54, 1.807) is 6.07 Å². The fraction of sp³-hybridized carbons (Fsp3) is 0.125. The Morgan fingerprint density at radius 1 is 0.950 bits per heavy atom. The number of rotatable bonds is 3. The van der Waals surface area contributed by atoms with Gasteiger partial charge in [0.05, 0.1) is 10.0 Å². The maximum Gasteiger partial charge on any atom is 0.0642 e. The smallest absolute Gasteiger partial charge is 0.0642 e. The maximum atomic E-state index is 6.27. The Balaban J connectivity index is 2.09. The van der Waals surface area contributed by atoms with Crippen LogP contribution >= 0.6 is 23.2 Å². The number of fused-ring (bicyclic) bond motifs is 1. The minimum Gasteiger partial charge on any atom is -0.343 e. The highest BCUT2D eigenvalue weighted by molar-refractivity contribution is 6.42. The number of hydrogen-bond donors (Lipinski definition) is 1. The lowest BCUT2D eigenvalue weighted by atomic mass is 10.2. The van der Waals surface area contributed by atoms with E-state index in [9.17, 15) is 0 Å². The molecular weight excluding hydrogens is 291 g/mol. The van der Waals surface area contributed by atoms with Crippen molar-refractivity contribution in [3.63, 3.8) is 0 Å². The number of nitrogens with two attached hydrogens (primary N) is 1.